The maximum absolute atomic E-state index is 13.6. The Labute approximate surface area is 224 Å². The van der Waals surface area contributed by atoms with Crippen molar-refractivity contribution in [2.24, 2.45) is 10.4 Å². The number of hydrogen-bond acceptors (Lipinski definition) is 8. The van der Waals surface area contributed by atoms with Crippen LogP contribution in [0.3, 0.4) is 0 Å². The smallest absolute Gasteiger partial charge is 0.336 e. The van der Waals surface area contributed by atoms with Gasteiger partial charge in [0, 0.05) is 60.1 Å². The third kappa shape index (κ3) is 6.87. The van der Waals surface area contributed by atoms with Crippen molar-refractivity contribution in [3.8, 4) is 0 Å². The number of nitro groups is 1. The number of hydrogen-bond donors (Lipinski definition) is 1. The van der Waals surface area contributed by atoms with E-state index >= 15 is 0 Å². The van der Waals surface area contributed by atoms with Gasteiger partial charge in [-0.05, 0) is 32.6 Å². The van der Waals surface area contributed by atoms with Crippen LogP contribution in [-0.2, 0) is 14.3 Å². The Hall–Kier alpha value is -3.50. The molecule has 10 heteroatoms. The minimum absolute atomic E-state index is 0.145. The molecule has 0 amide bonds. The van der Waals surface area contributed by atoms with Crippen molar-refractivity contribution >= 4 is 17.4 Å². The Morgan fingerprint density at radius 3 is 2.61 bits per heavy atom. The van der Waals surface area contributed by atoms with Crippen LogP contribution in [-0.4, -0.2) is 74.5 Å². The van der Waals surface area contributed by atoms with E-state index in [1.165, 1.54) is 30.2 Å². The molecule has 0 spiro atoms. The summed E-state index contributed by atoms with van der Waals surface area (Å²) in [5.74, 6) is -2.17. The zero-order chi connectivity index (χ0) is 28.0. The van der Waals surface area contributed by atoms with Gasteiger partial charge in [-0.25, -0.2) is 4.79 Å². The van der Waals surface area contributed by atoms with Crippen molar-refractivity contribution in [2.75, 3.05) is 53.0 Å². The van der Waals surface area contributed by atoms with Gasteiger partial charge in [0.2, 0.25) is 0 Å². The quantitative estimate of drug-likeness (QED) is 0.162. The molecule has 1 atom stereocenters. The number of quaternary nitrogens is 1. The number of esters is 1. The summed E-state index contributed by atoms with van der Waals surface area (Å²) in [5, 5.41) is 24.2. The fraction of sp³-hybridized carbons (Fsp3) is 0.500. The molecule has 2 heterocycles. The number of non-ortho nitro benzene ring substituents is 1. The lowest BCUT2D eigenvalue weighted by molar-refractivity contribution is -0.898. The van der Waals surface area contributed by atoms with E-state index < -0.39 is 22.8 Å². The van der Waals surface area contributed by atoms with Crippen molar-refractivity contribution in [3.63, 3.8) is 0 Å². The van der Waals surface area contributed by atoms with Crippen molar-refractivity contribution in [1.82, 2.24) is 4.90 Å². The second-order valence-corrected chi connectivity index (χ2v) is 10.6. The summed E-state index contributed by atoms with van der Waals surface area (Å²) < 4.78 is 10.8. The van der Waals surface area contributed by atoms with Crippen LogP contribution in [0.1, 0.15) is 39.2 Å². The highest BCUT2D eigenvalue weighted by Gasteiger charge is 2.36. The normalized spacial score (nSPS) is 20.6. The van der Waals surface area contributed by atoms with E-state index in [2.05, 4.69) is 30.3 Å². The molecule has 38 heavy (non-hydrogen) atoms. The summed E-state index contributed by atoms with van der Waals surface area (Å²) >= 11 is 0. The Kier molecular flexibility index (Phi) is 9.45. The molecular weight excluding hydrogens is 488 g/mol. The van der Waals surface area contributed by atoms with Gasteiger partial charge in [0.15, 0.2) is 0 Å². The minimum Gasteiger partial charge on any atom is -0.616 e. The molecule has 0 aromatic heterocycles. The number of methoxy groups -OCH3 is 1. The molecule has 0 saturated carbocycles. The molecule has 2 aliphatic rings. The number of nitrogens with zero attached hydrogens (tertiary/aromatic N) is 3. The second-order valence-electron chi connectivity index (χ2n) is 10.6. The minimum atomic E-state index is -0.906. The first kappa shape index (κ1) is 29.1. The standard InChI is InChI=1S/C28H38N4O6/c1-7-11-30-12-14-31(15-13-30)17-28(4,5)18-38-27(34)24-20(3)29-19(2)23(26(33)37-6)25(24)21-9-8-10-22(16-21)32(35)36/h7-10,16,25,33H,1,11-15,17-18H2,2-6H3. The van der Waals surface area contributed by atoms with Crippen LogP contribution in [0, 0.1) is 15.5 Å². The second kappa shape index (κ2) is 12.4. The number of ether oxygens (including phenoxy) is 2. The van der Waals surface area contributed by atoms with Crippen molar-refractivity contribution in [2.45, 2.75) is 33.6 Å². The SMILES string of the molecule is C=CC[NH+]1CCN(CC(C)(C)COC(=O)C2=C(C)N=C(C)C(=C([O-])OC)C2c2cccc([N+](=O)[O-])c2)CC1. The molecule has 1 N–H and O–H groups in total. The van der Waals surface area contributed by atoms with Crippen LogP contribution >= 0.6 is 0 Å². The highest BCUT2D eigenvalue weighted by atomic mass is 16.6. The highest BCUT2D eigenvalue weighted by Crippen LogP contribution is 2.41. The molecule has 1 aromatic rings. The lowest BCUT2D eigenvalue weighted by atomic mass is 9.80. The Morgan fingerprint density at radius 2 is 2.00 bits per heavy atom. The maximum Gasteiger partial charge on any atom is 0.336 e. The van der Waals surface area contributed by atoms with E-state index in [1.807, 2.05) is 6.08 Å². The van der Waals surface area contributed by atoms with Gasteiger partial charge in [-0.15, -0.1) is 0 Å². The number of aliphatic imine (C=N–C) groups is 1. The number of piperazine rings is 1. The average molecular weight is 527 g/mol. The molecule has 2 aliphatic heterocycles. The summed E-state index contributed by atoms with van der Waals surface area (Å²) in [6, 6.07) is 5.91. The van der Waals surface area contributed by atoms with Crippen molar-refractivity contribution in [1.29, 1.82) is 0 Å². The molecule has 3 rings (SSSR count). The van der Waals surface area contributed by atoms with Crippen LogP contribution in [0.15, 0.2) is 64.7 Å². The summed E-state index contributed by atoms with van der Waals surface area (Å²) in [6.07, 6.45) is 1.95. The number of carbonyl (C=O) groups excluding carboxylic acids is 1. The van der Waals surface area contributed by atoms with Crippen molar-refractivity contribution < 1.29 is 29.2 Å². The Bertz CT molecular complexity index is 1160. The van der Waals surface area contributed by atoms with Gasteiger partial charge in [-0.3, -0.25) is 20.0 Å². The molecule has 1 fully saturated rings. The number of carbonyl (C=O) groups is 1. The summed E-state index contributed by atoms with van der Waals surface area (Å²) in [7, 11) is 1.25. The van der Waals surface area contributed by atoms with Crippen LogP contribution in [0.5, 0.6) is 0 Å². The van der Waals surface area contributed by atoms with Crippen molar-refractivity contribution in [3.05, 3.63) is 75.4 Å². The lowest BCUT2D eigenvalue weighted by Gasteiger charge is -2.37. The molecule has 0 radical (unpaired) electrons. The summed E-state index contributed by atoms with van der Waals surface area (Å²) in [4.78, 5) is 32.8. The van der Waals surface area contributed by atoms with E-state index in [9.17, 15) is 20.0 Å². The third-order valence-corrected chi connectivity index (χ3v) is 6.97. The number of allylic oxidation sites excluding steroid dienone is 2. The highest BCUT2D eigenvalue weighted by molar-refractivity contribution is 6.06. The summed E-state index contributed by atoms with van der Waals surface area (Å²) in [6.45, 7) is 17.2. The molecular formula is C28H38N4O6. The third-order valence-electron chi connectivity index (χ3n) is 6.97. The van der Waals surface area contributed by atoms with E-state index in [0.29, 0.717) is 17.0 Å². The first-order valence-electron chi connectivity index (χ1n) is 12.8. The lowest BCUT2D eigenvalue weighted by Crippen LogP contribution is -3.14. The van der Waals surface area contributed by atoms with E-state index in [0.717, 1.165) is 39.3 Å². The first-order chi connectivity index (χ1) is 18.0. The van der Waals surface area contributed by atoms with Gasteiger partial charge < -0.3 is 19.5 Å². The number of rotatable bonds is 10. The fourth-order valence-corrected chi connectivity index (χ4v) is 5.15. The van der Waals surface area contributed by atoms with Gasteiger partial charge in [-0.2, -0.15) is 0 Å². The van der Waals surface area contributed by atoms with Crippen LogP contribution in [0.2, 0.25) is 0 Å². The largest absolute Gasteiger partial charge is 0.616 e. The molecule has 1 saturated heterocycles. The van der Waals surface area contributed by atoms with Gasteiger partial charge in [0.05, 0.1) is 42.7 Å². The monoisotopic (exact) mass is 526 g/mol. The first-order valence-corrected chi connectivity index (χ1v) is 12.8. The predicted octanol–water partition coefficient (Wildman–Crippen LogP) is 1.60. The zero-order valence-electron chi connectivity index (χ0n) is 22.9. The number of benzene rings is 1. The van der Waals surface area contributed by atoms with Crippen LogP contribution in [0.4, 0.5) is 5.69 Å². The Balaban J connectivity index is 1.84. The molecule has 1 aromatic carbocycles. The average Bonchev–Trinajstić information content (AvgIpc) is 2.87. The van der Waals surface area contributed by atoms with E-state index in [-0.39, 0.29) is 28.9 Å². The van der Waals surface area contributed by atoms with Crippen LogP contribution in [0.25, 0.3) is 0 Å². The fourth-order valence-electron chi connectivity index (χ4n) is 5.15. The molecule has 206 valence electrons. The molecule has 0 bridgehead atoms. The van der Waals surface area contributed by atoms with Gasteiger partial charge >= 0.3 is 5.97 Å². The van der Waals surface area contributed by atoms with Crippen LogP contribution < -0.4 is 10.0 Å². The molecule has 10 nitrogen and oxygen atoms in total. The predicted molar refractivity (Wildman–Crippen MR) is 143 cm³/mol. The van der Waals surface area contributed by atoms with Gasteiger partial charge in [0.1, 0.15) is 0 Å². The Morgan fingerprint density at radius 1 is 1.32 bits per heavy atom. The zero-order valence-corrected chi connectivity index (χ0v) is 22.9. The summed E-state index contributed by atoms with van der Waals surface area (Å²) in [5.41, 5.74) is 1.08. The number of nitro benzene ring substituents is 1. The topological polar surface area (TPSA) is 122 Å². The molecule has 1 unspecified atom stereocenters. The van der Waals surface area contributed by atoms with Gasteiger partial charge in [-0.1, -0.05) is 32.6 Å². The van der Waals surface area contributed by atoms with E-state index in [1.54, 1.807) is 19.9 Å². The molecule has 0 aliphatic carbocycles. The number of nitrogens with one attached hydrogen (secondary N) is 1. The van der Waals surface area contributed by atoms with E-state index in [4.69, 9.17) is 9.47 Å². The maximum atomic E-state index is 13.6. The van der Waals surface area contributed by atoms with Gasteiger partial charge in [0.25, 0.3) is 5.69 Å².